The van der Waals surface area contributed by atoms with E-state index in [-0.39, 0.29) is 24.1 Å². The van der Waals surface area contributed by atoms with Crippen molar-refractivity contribution in [3.8, 4) is 5.75 Å². The Morgan fingerprint density at radius 2 is 1.94 bits per heavy atom. The van der Waals surface area contributed by atoms with Crippen molar-refractivity contribution in [1.29, 1.82) is 0 Å². The first kappa shape index (κ1) is 26.3. The zero-order chi connectivity index (χ0) is 23.0. The molecule has 6 nitrogen and oxygen atoms in total. The van der Waals surface area contributed by atoms with Crippen LogP contribution < -0.4 is 9.64 Å². The molecule has 0 aliphatic carbocycles. The monoisotopic (exact) mass is 507 g/mol. The number of hydrogen-bond acceptors (Lipinski definition) is 6. The quantitative estimate of drug-likeness (QED) is 0.344. The number of thiazole rings is 1. The molecule has 2 heterocycles. The molecule has 1 fully saturated rings. The van der Waals surface area contributed by atoms with Crippen LogP contribution in [0.1, 0.15) is 36.5 Å². The number of para-hydroxylation sites is 1. The first-order chi connectivity index (χ1) is 16.2. The molecular formula is C25H31ClFN3O3S. The van der Waals surface area contributed by atoms with Gasteiger partial charge in [0.25, 0.3) is 5.91 Å². The summed E-state index contributed by atoms with van der Waals surface area (Å²) in [5, 5.41) is 0.519. The van der Waals surface area contributed by atoms with Crippen LogP contribution in [0.15, 0.2) is 42.5 Å². The van der Waals surface area contributed by atoms with Gasteiger partial charge in [-0.2, -0.15) is 0 Å². The highest BCUT2D eigenvalue weighted by Gasteiger charge is 2.22. The molecule has 3 aromatic rings. The molecule has 184 valence electrons. The number of carbonyl (C=O) groups is 1. The van der Waals surface area contributed by atoms with Crippen LogP contribution in [0.3, 0.4) is 0 Å². The number of halogens is 2. The van der Waals surface area contributed by atoms with Crippen molar-refractivity contribution in [3.63, 3.8) is 0 Å². The van der Waals surface area contributed by atoms with Gasteiger partial charge in [0.05, 0.1) is 24.5 Å². The molecule has 0 spiro atoms. The topological polar surface area (TPSA) is 54.9 Å². The Kier molecular flexibility index (Phi) is 10.1. The van der Waals surface area contributed by atoms with Crippen molar-refractivity contribution in [1.82, 2.24) is 9.88 Å². The van der Waals surface area contributed by atoms with E-state index in [2.05, 4.69) is 16.8 Å². The Morgan fingerprint density at radius 3 is 2.65 bits per heavy atom. The van der Waals surface area contributed by atoms with Crippen LogP contribution in [0.2, 0.25) is 0 Å². The van der Waals surface area contributed by atoms with Gasteiger partial charge in [0, 0.05) is 31.7 Å². The van der Waals surface area contributed by atoms with Gasteiger partial charge in [-0.15, -0.1) is 12.4 Å². The summed E-state index contributed by atoms with van der Waals surface area (Å²) in [6.45, 7) is 7.45. The van der Waals surface area contributed by atoms with E-state index in [1.165, 1.54) is 17.4 Å². The molecule has 34 heavy (non-hydrogen) atoms. The maximum atomic E-state index is 14.3. The Bertz CT molecular complexity index is 1060. The molecule has 1 saturated heterocycles. The highest BCUT2D eigenvalue weighted by atomic mass is 35.5. The molecule has 1 aliphatic heterocycles. The smallest absolute Gasteiger partial charge is 0.260 e. The second-order valence-electron chi connectivity index (χ2n) is 8.07. The standard InChI is InChI=1S/C25H30FN3O3S.ClH/c1-2-3-16-32-20-10-8-19(9-11-20)24(30)29(13-5-12-28-14-17-31-18-15-28)25-27-23-21(26)6-4-7-22(23)33-25;/h4,6-11H,2-3,5,12-18H2,1H3;1H. The number of morpholine rings is 1. The normalized spacial score (nSPS) is 14.1. The third kappa shape index (κ3) is 6.66. The summed E-state index contributed by atoms with van der Waals surface area (Å²) in [5.74, 6) is 0.238. The molecule has 0 radical (unpaired) electrons. The number of ether oxygens (including phenoxy) is 2. The van der Waals surface area contributed by atoms with Crippen LogP contribution in [0.25, 0.3) is 10.2 Å². The molecule has 0 saturated carbocycles. The lowest BCUT2D eigenvalue weighted by Gasteiger charge is -2.27. The highest BCUT2D eigenvalue weighted by Crippen LogP contribution is 2.31. The summed E-state index contributed by atoms with van der Waals surface area (Å²) in [4.78, 5) is 22.0. The van der Waals surface area contributed by atoms with Crippen LogP contribution in [-0.4, -0.2) is 61.8 Å². The minimum atomic E-state index is -0.371. The zero-order valence-corrected chi connectivity index (χ0v) is 21.0. The average Bonchev–Trinajstić information content (AvgIpc) is 3.28. The number of amides is 1. The SMILES string of the molecule is CCCCOc1ccc(C(=O)N(CCCN2CCOCC2)c2nc3c(F)cccc3s2)cc1.Cl. The number of carbonyl (C=O) groups excluding carboxylic acids is 1. The van der Waals surface area contributed by atoms with Crippen molar-refractivity contribution in [2.24, 2.45) is 0 Å². The number of hydrogen-bond donors (Lipinski definition) is 0. The predicted molar refractivity (Wildman–Crippen MR) is 137 cm³/mol. The van der Waals surface area contributed by atoms with Crippen molar-refractivity contribution in [2.45, 2.75) is 26.2 Å². The van der Waals surface area contributed by atoms with E-state index in [9.17, 15) is 9.18 Å². The highest BCUT2D eigenvalue weighted by molar-refractivity contribution is 7.22. The lowest BCUT2D eigenvalue weighted by atomic mass is 10.2. The summed E-state index contributed by atoms with van der Waals surface area (Å²) in [6.07, 6.45) is 2.85. The second-order valence-corrected chi connectivity index (χ2v) is 9.08. The van der Waals surface area contributed by atoms with Crippen LogP contribution in [0.4, 0.5) is 9.52 Å². The Balaban J connectivity index is 0.00000324. The van der Waals surface area contributed by atoms with Crippen LogP contribution in [0, 0.1) is 5.82 Å². The Morgan fingerprint density at radius 1 is 1.18 bits per heavy atom. The van der Waals surface area contributed by atoms with Gasteiger partial charge < -0.3 is 9.47 Å². The van der Waals surface area contributed by atoms with E-state index < -0.39 is 0 Å². The molecule has 0 N–H and O–H groups in total. The fraction of sp³-hybridized carbons (Fsp3) is 0.440. The second kappa shape index (κ2) is 13.0. The van der Waals surface area contributed by atoms with Gasteiger partial charge in [0.15, 0.2) is 5.13 Å². The molecule has 0 unspecified atom stereocenters. The third-order valence-electron chi connectivity index (χ3n) is 5.66. The number of benzene rings is 2. The van der Waals surface area contributed by atoms with Crippen LogP contribution >= 0.6 is 23.7 Å². The van der Waals surface area contributed by atoms with Gasteiger partial charge >= 0.3 is 0 Å². The fourth-order valence-corrected chi connectivity index (χ4v) is 4.77. The van der Waals surface area contributed by atoms with E-state index in [1.54, 1.807) is 23.1 Å². The zero-order valence-electron chi connectivity index (χ0n) is 19.4. The fourth-order valence-electron chi connectivity index (χ4n) is 3.76. The largest absolute Gasteiger partial charge is 0.494 e. The molecular weight excluding hydrogens is 477 g/mol. The van der Waals surface area contributed by atoms with E-state index in [4.69, 9.17) is 9.47 Å². The van der Waals surface area contributed by atoms with Crippen molar-refractivity contribution in [3.05, 3.63) is 53.8 Å². The van der Waals surface area contributed by atoms with Gasteiger partial charge in [-0.05, 0) is 49.2 Å². The molecule has 9 heteroatoms. The number of anilines is 1. The lowest BCUT2D eigenvalue weighted by Crippen LogP contribution is -2.39. The van der Waals surface area contributed by atoms with Gasteiger partial charge in [-0.1, -0.05) is 30.7 Å². The molecule has 1 aliphatic rings. The number of unbranched alkanes of at least 4 members (excludes halogenated alkanes) is 1. The third-order valence-corrected chi connectivity index (χ3v) is 6.71. The van der Waals surface area contributed by atoms with E-state index in [1.807, 2.05) is 18.2 Å². The number of nitrogens with zero attached hydrogens (tertiary/aromatic N) is 3. The first-order valence-corrected chi connectivity index (χ1v) is 12.4. The van der Waals surface area contributed by atoms with Crippen LogP contribution in [0.5, 0.6) is 5.75 Å². The summed E-state index contributed by atoms with van der Waals surface area (Å²) in [5.41, 5.74) is 0.868. The summed E-state index contributed by atoms with van der Waals surface area (Å²) >= 11 is 1.34. The summed E-state index contributed by atoms with van der Waals surface area (Å²) in [6, 6.07) is 12.1. The number of aromatic nitrogens is 1. The van der Waals surface area contributed by atoms with Crippen molar-refractivity contribution < 1.29 is 18.7 Å². The number of fused-ring (bicyclic) bond motifs is 1. The minimum Gasteiger partial charge on any atom is -0.494 e. The molecule has 1 aromatic heterocycles. The van der Waals surface area contributed by atoms with Crippen molar-refractivity contribution in [2.75, 3.05) is 50.9 Å². The van der Waals surface area contributed by atoms with Gasteiger partial charge in [-0.3, -0.25) is 14.6 Å². The molecule has 0 bridgehead atoms. The van der Waals surface area contributed by atoms with E-state index in [0.29, 0.717) is 29.4 Å². The molecule has 0 atom stereocenters. The predicted octanol–water partition coefficient (Wildman–Crippen LogP) is 5.41. The van der Waals surface area contributed by atoms with E-state index in [0.717, 1.165) is 62.6 Å². The summed E-state index contributed by atoms with van der Waals surface area (Å²) in [7, 11) is 0. The molecule has 4 rings (SSSR count). The Hall–Kier alpha value is -2.26. The first-order valence-electron chi connectivity index (χ1n) is 11.6. The van der Waals surface area contributed by atoms with Gasteiger partial charge in [-0.25, -0.2) is 9.37 Å². The maximum Gasteiger partial charge on any atom is 0.260 e. The maximum absolute atomic E-state index is 14.3. The number of rotatable bonds is 10. The summed E-state index contributed by atoms with van der Waals surface area (Å²) < 4.78 is 26.1. The lowest BCUT2D eigenvalue weighted by molar-refractivity contribution is 0.0376. The molecule has 1 amide bonds. The minimum absolute atomic E-state index is 0. The van der Waals surface area contributed by atoms with Crippen LogP contribution in [-0.2, 0) is 4.74 Å². The molecule has 2 aromatic carbocycles. The van der Waals surface area contributed by atoms with Crippen molar-refractivity contribution >= 4 is 45.0 Å². The average molecular weight is 508 g/mol. The van der Waals surface area contributed by atoms with E-state index >= 15 is 0 Å². The van der Waals surface area contributed by atoms with Gasteiger partial charge in [0.1, 0.15) is 17.1 Å². The van der Waals surface area contributed by atoms with Gasteiger partial charge in [0.2, 0.25) is 0 Å². The Labute approximate surface area is 210 Å².